The van der Waals surface area contributed by atoms with Gasteiger partial charge in [0.25, 0.3) is 5.56 Å². The Labute approximate surface area is 202 Å². The topological polar surface area (TPSA) is 68.9 Å². The van der Waals surface area contributed by atoms with E-state index in [0.29, 0.717) is 28.9 Å². The summed E-state index contributed by atoms with van der Waals surface area (Å²) in [5.41, 5.74) is 5.93. The van der Waals surface area contributed by atoms with Crippen molar-refractivity contribution in [3.8, 4) is 11.3 Å². The van der Waals surface area contributed by atoms with Gasteiger partial charge in [-0.1, -0.05) is 42.0 Å². The summed E-state index contributed by atoms with van der Waals surface area (Å²) in [4.78, 5) is 26.0. The van der Waals surface area contributed by atoms with E-state index in [1.54, 1.807) is 12.3 Å². The number of hydrogen-bond donors (Lipinski definition) is 1. The molecule has 7 heteroatoms. The number of carbonyl (C=O) groups excluding carboxylic acids is 1. The van der Waals surface area contributed by atoms with E-state index >= 15 is 0 Å². The van der Waals surface area contributed by atoms with Gasteiger partial charge in [-0.05, 0) is 61.7 Å². The molecule has 0 saturated carbocycles. The molecule has 0 bridgehead atoms. The number of pyridine rings is 1. The minimum absolute atomic E-state index is 0.240. The Morgan fingerprint density at radius 2 is 1.80 bits per heavy atom. The molecule has 1 N–H and O–H groups in total. The third-order valence-electron chi connectivity index (χ3n) is 6.14. The van der Waals surface area contributed by atoms with Crippen LogP contribution in [0.2, 0.25) is 0 Å². The molecule has 0 spiro atoms. The van der Waals surface area contributed by atoms with E-state index in [1.807, 2.05) is 61.7 Å². The number of amides is 1. The lowest BCUT2D eigenvalue weighted by atomic mass is 10.1. The van der Waals surface area contributed by atoms with Gasteiger partial charge < -0.3 is 9.88 Å². The van der Waals surface area contributed by atoms with Crippen LogP contribution in [0.15, 0.2) is 71.7 Å². The molecule has 35 heavy (non-hydrogen) atoms. The predicted molar refractivity (Wildman–Crippen MR) is 135 cm³/mol. The van der Waals surface area contributed by atoms with E-state index in [4.69, 9.17) is 0 Å². The van der Waals surface area contributed by atoms with Crippen LogP contribution in [0.5, 0.6) is 0 Å². The molecule has 3 aromatic carbocycles. The minimum Gasteiger partial charge on any atom is -0.342 e. The summed E-state index contributed by atoms with van der Waals surface area (Å²) in [6, 6.07) is 18.4. The fourth-order valence-corrected chi connectivity index (χ4v) is 4.39. The van der Waals surface area contributed by atoms with Crippen LogP contribution >= 0.6 is 0 Å². The quantitative estimate of drug-likeness (QED) is 0.392. The molecule has 2 aliphatic heterocycles. The summed E-state index contributed by atoms with van der Waals surface area (Å²) in [7, 11) is 0. The number of anilines is 1. The second-order valence-corrected chi connectivity index (χ2v) is 9.00. The molecule has 0 aromatic heterocycles. The van der Waals surface area contributed by atoms with Crippen molar-refractivity contribution in [1.82, 2.24) is 14.3 Å². The van der Waals surface area contributed by atoms with Gasteiger partial charge in [-0.2, -0.15) is 5.10 Å². The first-order valence-corrected chi connectivity index (χ1v) is 11.4. The maximum absolute atomic E-state index is 14.2. The van der Waals surface area contributed by atoms with Gasteiger partial charge in [0.15, 0.2) is 0 Å². The Morgan fingerprint density at radius 1 is 1.00 bits per heavy atom. The largest absolute Gasteiger partial charge is 0.342 e. The summed E-state index contributed by atoms with van der Waals surface area (Å²) < 4.78 is 17.3. The molecule has 6 nitrogen and oxygen atoms in total. The van der Waals surface area contributed by atoms with Crippen molar-refractivity contribution >= 4 is 22.5 Å². The summed E-state index contributed by atoms with van der Waals surface area (Å²) >= 11 is 0. The molecule has 0 radical (unpaired) electrons. The van der Waals surface area contributed by atoms with Crippen LogP contribution in [0.25, 0.3) is 22.2 Å². The van der Waals surface area contributed by atoms with E-state index in [-0.39, 0.29) is 18.0 Å². The molecular formula is C28H25FN4O2. The Morgan fingerprint density at radius 3 is 2.60 bits per heavy atom. The predicted octanol–water partition coefficient (Wildman–Crippen LogP) is 5.05. The van der Waals surface area contributed by atoms with E-state index in [9.17, 15) is 14.0 Å². The third-order valence-corrected chi connectivity index (χ3v) is 6.14. The zero-order chi connectivity index (χ0) is 24.7. The average Bonchev–Trinajstić information content (AvgIpc) is 3.11. The first-order valence-electron chi connectivity index (χ1n) is 11.4. The van der Waals surface area contributed by atoms with Crippen LogP contribution in [0.3, 0.4) is 0 Å². The fourth-order valence-electron chi connectivity index (χ4n) is 4.39. The van der Waals surface area contributed by atoms with Gasteiger partial charge in [-0.3, -0.25) is 9.59 Å². The van der Waals surface area contributed by atoms with Crippen LogP contribution in [-0.2, 0) is 17.9 Å². The standard InChI is InChI=1S/C28H25FN4O2/c1-17-5-4-6-20(11-17)14-32-15-23-27(22-13-21(29)9-10-25(22)32)31-33(28(23)35)16-26(34)30-24-12-18(2)7-8-19(24)3/h4-13,15H,14,16H2,1-3H3,(H,30,34). The zero-order valence-electron chi connectivity index (χ0n) is 19.8. The van der Waals surface area contributed by atoms with E-state index in [2.05, 4.69) is 16.5 Å². The summed E-state index contributed by atoms with van der Waals surface area (Å²) in [6.45, 7) is 6.15. The molecule has 0 saturated heterocycles. The maximum Gasteiger partial charge on any atom is 0.278 e. The smallest absolute Gasteiger partial charge is 0.278 e. The monoisotopic (exact) mass is 468 g/mol. The number of halogens is 1. The first-order chi connectivity index (χ1) is 16.8. The lowest BCUT2D eigenvalue weighted by Gasteiger charge is -2.14. The number of rotatable bonds is 5. The van der Waals surface area contributed by atoms with Gasteiger partial charge in [-0.15, -0.1) is 0 Å². The lowest BCUT2D eigenvalue weighted by molar-refractivity contribution is -0.116. The molecule has 5 rings (SSSR count). The van der Waals surface area contributed by atoms with Crippen molar-refractivity contribution in [1.29, 1.82) is 0 Å². The normalized spacial score (nSPS) is 11.3. The van der Waals surface area contributed by atoms with Crippen molar-refractivity contribution in [2.45, 2.75) is 33.9 Å². The van der Waals surface area contributed by atoms with Gasteiger partial charge in [0.1, 0.15) is 18.1 Å². The highest BCUT2D eigenvalue weighted by Crippen LogP contribution is 2.29. The van der Waals surface area contributed by atoms with Crippen LogP contribution < -0.4 is 10.9 Å². The van der Waals surface area contributed by atoms with E-state index < -0.39 is 5.82 Å². The molecular weight excluding hydrogens is 443 g/mol. The van der Waals surface area contributed by atoms with Crippen molar-refractivity contribution in [2.24, 2.45) is 0 Å². The van der Waals surface area contributed by atoms with Gasteiger partial charge in [0.05, 0.1) is 11.1 Å². The number of carbonyl (C=O) groups is 1. The zero-order valence-corrected chi connectivity index (χ0v) is 19.8. The number of nitrogens with zero attached hydrogens (tertiary/aromatic N) is 3. The molecule has 2 heterocycles. The number of aromatic nitrogens is 3. The summed E-state index contributed by atoms with van der Waals surface area (Å²) in [6.07, 6.45) is 1.74. The summed E-state index contributed by atoms with van der Waals surface area (Å²) in [5.74, 6) is -0.770. The molecule has 0 aliphatic carbocycles. The second kappa shape index (κ2) is 8.83. The van der Waals surface area contributed by atoms with Gasteiger partial charge in [0.2, 0.25) is 5.91 Å². The Hall–Kier alpha value is -4.26. The van der Waals surface area contributed by atoms with E-state index in [0.717, 1.165) is 32.5 Å². The molecule has 176 valence electrons. The van der Waals surface area contributed by atoms with Crippen LogP contribution in [0.1, 0.15) is 22.3 Å². The minimum atomic E-state index is -0.415. The second-order valence-electron chi connectivity index (χ2n) is 9.00. The Balaban J connectivity index is 1.55. The molecule has 0 fully saturated rings. The van der Waals surface area contributed by atoms with Crippen molar-refractivity contribution in [2.75, 3.05) is 5.32 Å². The highest BCUT2D eigenvalue weighted by atomic mass is 19.1. The first kappa shape index (κ1) is 22.5. The number of benzene rings is 3. The molecule has 0 unspecified atom stereocenters. The number of fused-ring (bicyclic) bond motifs is 3. The van der Waals surface area contributed by atoms with Crippen LogP contribution in [0.4, 0.5) is 10.1 Å². The number of nitrogens with one attached hydrogen (secondary N) is 1. The van der Waals surface area contributed by atoms with Gasteiger partial charge in [0, 0.05) is 23.8 Å². The Bertz CT molecular complexity index is 1620. The van der Waals surface area contributed by atoms with Crippen LogP contribution in [-0.4, -0.2) is 20.3 Å². The van der Waals surface area contributed by atoms with Gasteiger partial charge in [-0.25, -0.2) is 9.07 Å². The van der Waals surface area contributed by atoms with Crippen LogP contribution in [0, 0.1) is 26.6 Å². The van der Waals surface area contributed by atoms with E-state index in [1.165, 1.54) is 12.1 Å². The number of hydrogen-bond acceptors (Lipinski definition) is 3. The number of aryl methyl sites for hydroxylation is 3. The van der Waals surface area contributed by atoms with Crippen molar-refractivity contribution in [3.05, 3.63) is 105 Å². The molecule has 3 aromatic rings. The Kier molecular flexibility index (Phi) is 5.68. The fraction of sp³-hybridized carbons (Fsp3) is 0.179. The average molecular weight is 469 g/mol. The summed E-state index contributed by atoms with van der Waals surface area (Å²) in [5, 5.41) is 7.82. The lowest BCUT2D eigenvalue weighted by Crippen LogP contribution is -2.26. The highest BCUT2D eigenvalue weighted by molar-refractivity contribution is 5.94. The van der Waals surface area contributed by atoms with Crippen molar-refractivity contribution in [3.63, 3.8) is 0 Å². The molecule has 1 amide bonds. The third kappa shape index (κ3) is 4.45. The molecule has 2 aliphatic rings. The highest BCUT2D eigenvalue weighted by Gasteiger charge is 2.22. The van der Waals surface area contributed by atoms with Crippen molar-refractivity contribution < 1.29 is 9.18 Å². The van der Waals surface area contributed by atoms with Gasteiger partial charge >= 0.3 is 0 Å². The maximum atomic E-state index is 14.2. The SMILES string of the molecule is Cc1cccc(Cn2cc3c(=O)n(CC(=O)Nc4cc(C)ccc4C)nc-3c3cc(F)ccc32)c1. The molecule has 0 atom stereocenters.